The third-order valence-corrected chi connectivity index (χ3v) is 13.3. The average molecular weight is 688 g/mol. The summed E-state index contributed by atoms with van der Waals surface area (Å²) >= 11 is 0. The van der Waals surface area contributed by atoms with Crippen molar-refractivity contribution in [3.8, 4) is 0 Å². The highest BCUT2D eigenvalue weighted by Gasteiger charge is 2.59. The summed E-state index contributed by atoms with van der Waals surface area (Å²) < 4.78 is 33.3. The van der Waals surface area contributed by atoms with Gasteiger partial charge in [-0.2, -0.15) is 0 Å². The van der Waals surface area contributed by atoms with Crippen LogP contribution in [0.25, 0.3) is 0 Å². The first-order valence-electron chi connectivity index (χ1n) is 18.1. The molecule has 0 aromatic rings. The van der Waals surface area contributed by atoms with E-state index < -0.39 is 33.3 Å². The number of fused-ring (bicyclic) bond motifs is 5. The molecule has 3 fully saturated rings. The summed E-state index contributed by atoms with van der Waals surface area (Å²) in [6.07, 6.45) is 13.3. The van der Waals surface area contributed by atoms with E-state index >= 15 is 0 Å². The number of carbonyl (C=O) groups excluding carboxylic acids is 1. The molecule has 0 radical (unpaired) electrons. The van der Waals surface area contributed by atoms with E-state index in [4.69, 9.17) is 18.5 Å². The fraction of sp³-hybridized carbons (Fsp3) is 0.917. The minimum atomic E-state index is -4.31. The lowest BCUT2D eigenvalue weighted by atomic mass is 9.47. The zero-order valence-corrected chi connectivity index (χ0v) is 31.4. The molecule has 0 aromatic carbocycles. The summed E-state index contributed by atoms with van der Waals surface area (Å²) in [6.45, 7) is 12.0. The maximum Gasteiger partial charge on any atom is 0.508 e. The van der Waals surface area contributed by atoms with Gasteiger partial charge < -0.3 is 29.4 Å². The van der Waals surface area contributed by atoms with Gasteiger partial charge in [-0.15, -0.1) is 0 Å². The lowest BCUT2D eigenvalue weighted by Crippen LogP contribution is -2.51. The number of carbonyl (C=O) groups is 1. The topological polar surface area (TPSA) is 142 Å². The van der Waals surface area contributed by atoms with Crippen molar-refractivity contribution < 1.29 is 47.8 Å². The fourth-order valence-electron chi connectivity index (χ4n) is 9.78. The molecule has 47 heavy (non-hydrogen) atoms. The highest BCUT2D eigenvalue weighted by molar-refractivity contribution is 7.47. The van der Waals surface area contributed by atoms with Crippen LogP contribution in [0.5, 0.6) is 0 Å². The first-order valence-corrected chi connectivity index (χ1v) is 19.6. The number of hydrogen-bond acceptors (Lipinski definition) is 8. The van der Waals surface area contributed by atoms with Crippen LogP contribution in [-0.2, 0) is 23.1 Å². The maximum absolute atomic E-state index is 12.5. The van der Waals surface area contributed by atoms with Crippen LogP contribution in [0.4, 0.5) is 4.79 Å². The van der Waals surface area contributed by atoms with E-state index in [9.17, 15) is 19.4 Å². The Labute approximate surface area is 284 Å². The van der Waals surface area contributed by atoms with Crippen LogP contribution in [0.1, 0.15) is 105 Å². The summed E-state index contributed by atoms with van der Waals surface area (Å²) in [4.78, 5) is 22.3. The lowest BCUT2D eigenvalue weighted by molar-refractivity contribution is -0.870. The highest BCUT2D eigenvalue weighted by atomic mass is 31.2. The molecule has 4 rings (SSSR count). The number of nitrogens with zero attached hydrogens (tertiary/aromatic N) is 1. The van der Waals surface area contributed by atoms with E-state index in [1.807, 2.05) is 21.1 Å². The molecule has 0 aliphatic heterocycles. The quantitative estimate of drug-likeness (QED) is 0.0771. The number of phosphoric acid groups is 1. The molecule has 0 aromatic heterocycles. The summed E-state index contributed by atoms with van der Waals surface area (Å²) in [5, 5.41) is 10.1. The summed E-state index contributed by atoms with van der Waals surface area (Å²) in [5.41, 5.74) is 2.07. The third-order valence-electron chi connectivity index (χ3n) is 12.4. The predicted octanol–water partition coefficient (Wildman–Crippen LogP) is 7.57. The minimum Gasteiger partial charge on any atom is -0.870 e. The molecule has 0 spiro atoms. The van der Waals surface area contributed by atoms with E-state index in [0.29, 0.717) is 22.4 Å². The Kier molecular flexibility index (Phi) is 14.1. The number of phosphoric ester groups is 1. The third kappa shape index (κ3) is 10.3. The van der Waals surface area contributed by atoms with Crippen LogP contribution < -0.4 is 0 Å². The predicted molar refractivity (Wildman–Crippen MR) is 182 cm³/mol. The van der Waals surface area contributed by atoms with Crippen LogP contribution in [0, 0.1) is 46.3 Å². The molecule has 4 aliphatic carbocycles. The smallest absolute Gasteiger partial charge is 0.508 e. The number of allylic oxidation sites excluding steroid dienone is 1. The van der Waals surface area contributed by atoms with Gasteiger partial charge in [0, 0.05) is 6.42 Å². The number of rotatable bonds is 15. The molecule has 274 valence electrons. The zero-order chi connectivity index (χ0) is 33.9. The molecule has 0 bridgehead atoms. The molecular weight excluding hydrogens is 621 g/mol. The van der Waals surface area contributed by atoms with Crippen molar-refractivity contribution in [2.45, 2.75) is 117 Å². The highest BCUT2D eigenvalue weighted by Crippen LogP contribution is 2.67. The molecule has 3 N–H and O–H groups in total. The number of ether oxygens (including phenoxy) is 2. The Bertz CT molecular complexity index is 1110. The van der Waals surface area contributed by atoms with Crippen molar-refractivity contribution in [3.05, 3.63) is 11.6 Å². The summed E-state index contributed by atoms with van der Waals surface area (Å²) in [5.74, 6) is 4.72. The average Bonchev–Trinajstić information content (AvgIpc) is 3.31. The number of likely N-dealkylation sites (N-methyl/N-ethyl adjacent to an activating group) is 1. The number of aliphatic hydroxyl groups excluding tert-OH is 1. The van der Waals surface area contributed by atoms with Crippen LogP contribution in [0.2, 0.25) is 0 Å². The lowest BCUT2D eigenvalue weighted by Gasteiger charge is -2.58. The van der Waals surface area contributed by atoms with Gasteiger partial charge in [-0.1, -0.05) is 65.5 Å². The van der Waals surface area contributed by atoms with Crippen molar-refractivity contribution in [1.82, 2.24) is 0 Å². The van der Waals surface area contributed by atoms with Crippen LogP contribution in [0.3, 0.4) is 0 Å². The Morgan fingerprint density at radius 3 is 2.43 bits per heavy atom. The molecule has 11 heteroatoms. The molecule has 10 nitrogen and oxygen atoms in total. The second kappa shape index (κ2) is 16.3. The molecule has 10 atom stereocenters. The molecule has 3 saturated carbocycles. The van der Waals surface area contributed by atoms with Gasteiger partial charge in [0.25, 0.3) is 0 Å². The largest absolute Gasteiger partial charge is 0.870 e. The van der Waals surface area contributed by atoms with E-state index in [1.54, 1.807) is 0 Å². The van der Waals surface area contributed by atoms with Crippen molar-refractivity contribution in [2.75, 3.05) is 47.5 Å². The number of hydrogen-bond donors (Lipinski definition) is 2. The van der Waals surface area contributed by atoms with Crippen molar-refractivity contribution in [1.29, 1.82) is 0 Å². The van der Waals surface area contributed by atoms with Gasteiger partial charge in [-0.05, 0) is 91.3 Å². The Balaban J connectivity index is 0.00000600. The Morgan fingerprint density at radius 1 is 1.02 bits per heavy atom. The normalized spacial score (nSPS) is 34.5. The van der Waals surface area contributed by atoms with Crippen LogP contribution in [0.15, 0.2) is 11.6 Å². The SMILES string of the molecule is CC(C)CCC[C@@H](C)[C@H]1CC[C@H]2[C@@H]3CC=C4CC(OC(=O)OCC(O)COP(=O)(O)OCC[N+](C)(C)C)CC[C@]4(C)[C@H]3CC[C@]12C.[OH-]. The van der Waals surface area contributed by atoms with Crippen molar-refractivity contribution in [2.24, 2.45) is 46.3 Å². The van der Waals surface area contributed by atoms with Gasteiger partial charge in [0.05, 0.1) is 27.7 Å². The summed E-state index contributed by atoms with van der Waals surface area (Å²) in [7, 11) is 1.50. The number of quaternary nitrogens is 1. The molecule has 0 amide bonds. The van der Waals surface area contributed by atoms with Gasteiger partial charge >= 0.3 is 14.0 Å². The first kappa shape index (κ1) is 40.4. The van der Waals surface area contributed by atoms with Crippen LogP contribution in [-0.4, -0.2) is 85.8 Å². The van der Waals surface area contributed by atoms with Crippen LogP contribution >= 0.6 is 7.82 Å². The van der Waals surface area contributed by atoms with Gasteiger partial charge in [0.2, 0.25) is 0 Å². The minimum absolute atomic E-state index is 0. The van der Waals surface area contributed by atoms with Gasteiger partial charge in [-0.25, -0.2) is 9.36 Å². The first-order chi connectivity index (χ1) is 21.4. The molecule has 0 heterocycles. The van der Waals surface area contributed by atoms with E-state index in [-0.39, 0.29) is 23.6 Å². The van der Waals surface area contributed by atoms with Gasteiger partial charge in [-0.3, -0.25) is 9.05 Å². The molecule has 0 saturated heterocycles. The number of aliphatic hydroxyl groups is 1. The van der Waals surface area contributed by atoms with E-state index in [1.165, 1.54) is 50.5 Å². The maximum atomic E-state index is 12.5. The second-order valence-corrected chi connectivity index (χ2v) is 18.6. The standard InChI is InChI=1S/C36H64NO8P.H2O/c1-25(2)10-9-11-26(3)31-14-15-32-30-13-12-27-22-29(16-18-35(27,4)33(30)17-19-36(31,32)5)45-34(39)42-23-28(38)24-44-46(40,41)43-21-20-37(6,7)8;/h12,25-26,28-33,38H,9-11,13-24H2,1-8H3;1H2/t26-,28?,29?,30+,31-,32+,33+,35+,36-;/m1./s1. The molecule has 3 unspecified atom stereocenters. The Morgan fingerprint density at radius 2 is 1.74 bits per heavy atom. The van der Waals surface area contributed by atoms with Crippen molar-refractivity contribution in [3.63, 3.8) is 0 Å². The fourth-order valence-corrected chi connectivity index (χ4v) is 10.5. The van der Waals surface area contributed by atoms with E-state index in [2.05, 4.69) is 40.7 Å². The van der Waals surface area contributed by atoms with Crippen molar-refractivity contribution >= 4 is 14.0 Å². The summed E-state index contributed by atoms with van der Waals surface area (Å²) in [6, 6.07) is 0. The molecule has 4 aliphatic rings. The monoisotopic (exact) mass is 687 g/mol. The Hall–Kier alpha value is -1.00. The van der Waals surface area contributed by atoms with E-state index in [0.717, 1.165) is 55.3 Å². The van der Waals surface area contributed by atoms with Gasteiger partial charge in [0.15, 0.2) is 0 Å². The second-order valence-electron chi connectivity index (χ2n) is 17.1. The zero-order valence-electron chi connectivity index (χ0n) is 30.5. The van der Waals surface area contributed by atoms with Gasteiger partial charge in [0.1, 0.15) is 32.0 Å². The molecular formula is C36H66NO9P.